The molecule has 0 spiro atoms. The van der Waals surface area contributed by atoms with E-state index in [1.807, 2.05) is 31.2 Å². The summed E-state index contributed by atoms with van der Waals surface area (Å²) in [4.78, 5) is 0. The Morgan fingerprint density at radius 1 is 0.690 bits per heavy atom. The summed E-state index contributed by atoms with van der Waals surface area (Å²) in [6, 6.07) is 10.3. The zero-order chi connectivity index (χ0) is 30.2. The van der Waals surface area contributed by atoms with Crippen molar-refractivity contribution < 1.29 is 23.7 Å². The van der Waals surface area contributed by atoms with Crippen LogP contribution in [0.5, 0.6) is 23.0 Å². The zero-order valence-corrected chi connectivity index (χ0v) is 26.2. The molecule has 0 unspecified atom stereocenters. The van der Waals surface area contributed by atoms with E-state index in [2.05, 4.69) is 26.5 Å². The van der Waals surface area contributed by atoms with E-state index in [9.17, 15) is 5.26 Å². The second-order valence-electron chi connectivity index (χ2n) is 10.6. The van der Waals surface area contributed by atoms with E-state index in [0.717, 1.165) is 52.8 Å². The van der Waals surface area contributed by atoms with Crippen molar-refractivity contribution in [3.8, 4) is 29.1 Å². The highest BCUT2D eigenvalue weighted by atomic mass is 16.5. The fourth-order valence-electron chi connectivity index (χ4n) is 5.25. The number of nitriles is 1. The molecular weight excluding hydrogens is 526 g/mol. The Labute approximate surface area is 252 Å². The molecule has 0 aliphatic heterocycles. The van der Waals surface area contributed by atoms with Gasteiger partial charge in [0.15, 0.2) is 11.5 Å². The number of ether oxygens (including phenoxy) is 5. The third kappa shape index (κ3) is 8.79. The predicted octanol–water partition coefficient (Wildman–Crippen LogP) is 9.67. The topological polar surface area (TPSA) is 69.9 Å². The molecule has 6 heteroatoms. The van der Waals surface area contributed by atoms with Gasteiger partial charge in [0.05, 0.1) is 43.6 Å². The Morgan fingerprint density at radius 2 is 1.26 bits per heavy atom. The van der Waals surface area contributed by atoms with Gasteiger partial charge in [0.2, 0.25) is 0 Å². The smallest absolute Gasteiger partial charge is 0.161 e. The lowest BCUT2D eigenvalue weighted by Crippen LogP contribution is -2.05. The summed E-state index contributed by atoms with van der Waals surface area (Å²) < 4.78 is 30.5. The highest BCUT2D eigenvalue weighted by Crippen LogP contribution is 2.44. The number of fused-ring (bicyclic) bond motifs is 3. The van der Waals surface area contributed by atoms with Crippen LogP contribution in [0.2, 0.25) is 0 Å². The van der Waals surface area contributed by atoms with Gasteiger partial charge in [0.25, 0.3) is 0 Å². The van der Waals surface area contributed by atoms with Crippen LogP contribution in [0.3, 0.4) is 0 Å². The largest absolute Gasteiger partial charge is 0.493 e. The van der Waals surface area contributed by atoms with Gasteiger partial charge in [-0.2, -0.15) is 5.26 Å². The van der Waals surface area contributed by atoms with E-state index in [0.29, 0.717) is 61.6 Å². The summed E-state index contributed by atoms with van der Waals surface area (Å²) in [6.45, 7) is 12.6. The maximum Gasteiger partial charge on any atom is 0.161 e. The fraction of sp³-hybridized carbons (Fsp3) is 0.528. The standard InChI is InChI=1S/C36H49NO5/c1-6-10-12-14-16-19-40-34-22-28-27(25-37)21-31-30(29(28)24-35(34)41-20-17-15-13-11-7-2)23-33(39-9-4)32(26-38-5)36(31)42-18-8-3/h8,21-24H,3,6-7,9-20,26H2,1-2,4-5H3. The van der Waals surface area contributed by atoms with Gasteiger partial charge < -0.3 is 23.7 Å². The van der Waals surface area contributed by atoms with Gasteiger partial charge in [-0.25, -0.2) is 0 Å². The molecule has 0 radical (unpaired) electrons. The third-order valence-electron chi connectivity index (χ3n) is 7.40. The van der Waals surface area contributed by atoms with Crippen LogP contribution in [0, 0.1) is 11.3 Å². The van der Waals surface area contributed by atoms with Crippen LogP contribution in [0.15, 0.2) is 36.9 Å². The Hall–Kier alpha value is -3.43. The van der Waals surface area contributed by atoms with E-state index in [1.54, 1.807) is 13.2 Å². The van der Waals surface area contributed by atoms with Crippen molar-refractivity contribution in [2.45, 2.75) is 91.6 Å². The normalized spacial score (nSPS) is 11.0. The van der Waals surface area contributed by atoms with Crippen molar-refractivity contribution in [3.05, 3.63) is 48.0 Å². The van der Waals surface area contributed by atoms with Crippen molar-refractivity contribution in [3.63, 3.8) is 0 Å². The maximum atomic E-state index is 10.2. The molecule has 0 bridgehead atoms. The molecule has 0 fully saturated rings. The minimum absolute atomic E-state index is 0.315. The van der Waals surface area contributed by atoms with E-state index in [-0.39, 0.29) is 0 Å². The average Bonchev–Trinajstić information content (AvgIpc) is 3.00. The summed E-state index contributed by atoms with van der Waals surface area (Å²) in [5, 5.41) is 13.7. The Kier molecular flexibility index (Phi) is 14.3. The number of benzene rings is 3. The first-order valence-corrected chi connectivity index (χ1v) is 15.7. The van der Waals surface area contributed by atoms with Gasteiger partial charge >= 0.3 is 0 Å². The van der Waals surface area contributed by atoms with E-state index in [1.165, 1.54) is 38.5 Å². The van der Waals surface area contributed by atoms with Gasteiger partial charge in [0, 0.05) is 17.9 Å². The van der Waals surface area contributed by atoms with Crippen LogP contribution in [0.4, 0.5) is 0 Å². The van der Waals surface area contributed by atoms with Gasteiger partial charge in [-0.15, -0.1) is 0 Å². The molecule has 6 nitrogen and oxygen atoms in total. The molecule has 0 heterocycles. The molecule has 0 aliphatic rings. The highest BCUT2D eigenvalue weighted by molar-refractivity contribution is 6.13. The Balaban J connectivity index is 2.14. The fourth-order valence-corrected chi connectivity index (χ4v) is 5.25. The number of hydrogen-bond donors (Lipinski definition) is 0. The Bertz CT molecular complexity index is 1330. The van der Waals surface area contributed by atoms with Crippen LogP contribution >= 0.6 is 0 Å². The number of unbranched alkanes of at least 4 members (excludes halogenated alkanes) is 8. The average molecular weight is 576 g/mol. The molecule has 0 saturated heterocycles. The minimum Gasteiger partial charge on any atom is -0.493 e. The molecule has 0 amide bonds. The molecule has 228 valence electrons. The van der Waals surface area contributed by atoms with Gasteiger partial charge in [-0.3, -0.25) is 0 Å². The number of rotatable bonds is 21. The van der Waals surface area contributed by atoms with Crippen molar-refractivity contribution in [2.75, 3.05) is 33.5 Å². The zero-order valence-electron chi connectivity index (χ0n) is 26.2. The van der Waals surface area contributed by atoms with E-state index >= 15 is 0 Å². The monoisotopic (exact) mass is 575 g/mol. The van der Waals surface area contributed by atoms with Crippen LogP contribution < -0.4 is 18.9 Å². The molecule has 0 aliphatic carbocycles. The Morgan fingerprint density at radius 3 is 1.81 bits per heavy atom. The van der Waals surface area contributed by atoms with Crippen LogP contribution in [0.1, 0.15) is 96.1 Å². The molecular formula is C36H49NO5. The first-order chi connectivity index (χ1) is 20.6. The number of hydrogen-bond acceptors (Lipinski definition) is 6. The first-order valence-electron chi connectivity index (χ1n) is 15.7. The summed E-state index contributed by atoms with van der Waals surface area (Å²) in [6.07, 6.45) is 13.3. The van der Waals surface area contributed by atoms with Crippen molar-refractivity contribution in [1.82, 2.24) is 0 Å². The van der Waals surface area contributed by atoms with Crippen LogP contribution in [-0.4, -0.2) is 33.5 Å². The predicted molar refractivity (Wildman–Crippen MR) is 172 cm³/mol. The van der Waals surface area contributed by atoms with Gasteiger partial charge in [0.1, 0.15) is 18.1 Å². The lowest BCUT2D eigenvalue weighted by Gasteiger charge is -2.20. The quantitative estimate of drug-likeness (QED) is 0.0715. The molecule has 0 aromatic heterocycles. The molecule has 3 aromatic rings. The second kappa shape index (κ2) is 18.2. The van der Waals surface area contributed by atoms with Crippen molar-refractivity contribution in [1.29, 1.82) is 5.26 Å². The van der Waals surface area contributed by atoms with Gasteiger partial charge in [-0.1, -0.05) is 77.9 Å². The van der Waals surface area contributed by atoms with Crippen molar-refractivity contribution in [2.24, 2.45) is 0 Å². The molecule has 3 rings (SSSR count). The number of nitrogens with zero attached hydrogens (tertiary/aromatic N) is 1. The molecule has 42 heavy (non-hydrogen) atoms. The summed E-state index contributed by atoms with van der Waals surface area (Å²) in [5.41, 5.74) is 1.36. The van der Waals surface area contributed by atoms with Crippen molar-refractivity contribution >= 4 is 21.5 Å². The molecule has 3 aromatic carbocycles. The maximum absolute atomic E-state index is 10.2. The SMILES string of the molecule is C=CCOc1c(COC)c(OCC)cc2c1cc(C#N)c1cc(OCCCCCCC)c(OCCCCCCC)cc12. The van der Waals surface area contributed by atoms with E-state index in [4.69, 9.17) is 23.7 Å². The summed E-state index contributed by atoms with van der Waals surface area (Å²) in [7, 11) is 1.65. The first kappa shape index (κ1) is 33.1. The van der Waals surface area contributed by atoms with Crippen LogP contribution in [0.25, 0.3) is 21.5 Å². The minimum atomic E-state index is 0.315. The lowest BCUT2D eigenvalue weighted by molar-refractivity contribution is 0.176. The highest BCUT2D eigenvalue weighted by Gasteiger charge is 2.21. The summed E-state index contributed by atoms with van der Waals surface area (Å²) >= 11 is 0. The third-order valence-corrected chi connectivity index (χ3v) is 7.40. The number of methoxy groups -OCH3 is 1. The second-order valence-corrected chi connectivity index (χ2v) is 10.6. The lowest BCUT2D eigenvalue weighted by atomic mass is 9.94. The van der Waals surface area contributed by atoms with E-state index < -0.39 is 0 Å². The summed E-state index contributed by atoms with van der Waals surface area (Å²) in [5.74, 6) is 2.73. The molecule has 0 N–H and O–H groups in total. The van der Waals surface area contributed by atoms with Gasteiger partial charge in [-0.05, 0) is 54.8 Å². The molecule has 0 saturated carbocycles. The van der Waals surface area contributed by atoms with Crippen LogP contribution in [-0.2, 0) is 11.3 Å². The molecule has 0 atom stereocenters.